The summed E-state index contributed by atoms with van der Waals surface area (Å²) in [5.74, 6) is 0. The van der Waals surface area contributed by atoms with E-state index in [-0.39, 0.29) is 16.2 Å². The van der Waals surface area contributed by atoms with Gasteiger partial charge in [-0.25, -0.2) is 16.8 Å². The van der Waals surface area contributed by atoms with Crippen LogP contribution in [0.4, 0.5) is 0 Å². The average Bonchev–Trinajstić information content (AvgIpc) is 2.80. The molecule has 0 aliphatic carbocycles. The molecule has 1 aliphatic heterocycles. The Morgan fingerprint density at radius 1 is 0.758 bits per heavy atom. The lowest BCUT2D eigenvalue weighted by Gasteiger charge is -2.35. The Hall–Kier alpha value is -2.90. The van der Waals surface area contributed by atoms with Gasteiger partial charge in [0.2, 0.25) is 0 Å². The zero-order valence-corrected chi connectivity index (χ0v) is 20.3. The predicted molar refractivity (Wildman–Crippen MR) is 130 cm³/mol. The van der Waals surface area contributed by atoms with Gasteiger partial charge in [0.15, 0.2) is 9.84 Å². The molecule has 3 aromatic carbocycles. The summed E-state index contributed by atoms with van der Waals surface area (Å²) < 4.78 is 55.0. The standard InChI is InChI=1S/C26H27NO4S2/c1-20-8-12-24(13-9-20)32(28,29)26-16-17-27(23(19-26)18-22-6-4-3-5-7-22)33(30,31)25-14-10-21(2)11-15-25/h3-17,23,26H,18-19H2,1-2H3/t23-,26-/m0/s1. The van der Waals surface area contributed by atoms with Gasteiger partial charge < -0.3 is 0 Å². The predicted octanol–water partition coefficient (Wildman–Crippen LogP) is 4.67. The number of aryl methyl sites for hydroxylation is 2. The second-order valence-electron chi connectivity index (χ2n) is 8.47. The second kappa shape index (κ2) is 9.15. The summed E-state index contributed by atoms with van der Waals surface area (Å²) in [7, 11) is -7.49. The number of rotatable bonds is 6. The van der Waals surface area contributed by atoms with Gasteiger partial charge in [-0.3, -0.25) is 4.31 Å². The van der Waals surface area contributed by atoms with Crippen LogP contribution < -0.4 is 0 Å². The molecule has 0 unspecified atom stereocenters. The molecule has 0 bridgehead atoms. The maximum absolute atomic E-state index is 13.5. The first-order valence-corrected chi connectivity index (χ1v) is 13.8. The van der Waals surface area contributed by atoms with Gasteiger partial charge >= 0.3 is 0 Å². The van der Waals surface area contributed by atoms with Crippen molar-refractivity contribution in [2.24, 2.45) is 0 Å². The zero-order valence-electron chi connectivity index (χ0n) is 18.6. The molecule has 172 valence electrons. The maximum atomic E-state index is 13.5. The molecule has 1 aliphatic rings. The topological polar surface area (TPSA) is 71.5 Å². The highest BCUT2D eigenvalue weighted by molar-refractivity contribution is 7.92. The average molecular weight is 482 g/mol. The quantitative estimate of drug-likeness (QED) is 0.513. The lowest BCUT2D eigenvalue weighted by Crippen LogP contribution is -2.44. The molecule has 7 heteroatoms. The molecule has 0 saturated carbocycles. The Bertz CT molecular complexity index is 1350. The SMILES string of the molecule is Cc1ccc(S(=O)(=O)[C@H]2C=CN(S(=O)(=O)c3ccc(C)cc3)[C@@H](Cc3ccccc3)C2)cc1. The van der Waals surface area contributed by atoms with Crippen LogP contribution in [-0.2, 0) is 26.3 Å². The van der Waals surface area contributed by atoms with Gasteiger partial charge in [0, 0.05) is 6.20 Å². The molecule has 0 fully saturated rings. The Labute approximate surface area is 196 Å². The van der Waals surface area contributed by atoms with E-state index in [0.717, 1.165) is 16.7 Å². The van der Waals surface area contributed by atoms with E-state index in [1.807, 2.05) is 44.2 Å². The van der Waals surface area contributed by atoms with E-state index in [9.17, 15) is 16.8 Å². The van der Waals surface area contributed by atoms with Gasteiger partial charge in [0.1, 0.15) is 0 Å². The summed E-state index contributed by atoms with van der Waals surface area (Å²) in [6, 6.07) is 22.5. The first-order chi connectivity index (χ1) is 15.7. The first kappa shape index (κ1) is 23.3. The van der Waals surface area contributed by atoms with E-state index >= 15 is 0 Å². The molecule has 0 aromatic heterocycles. The number of sulfone groups is 1. The van der Waals surface area contributed by atoms with Crippen molar-refractivity contribution < 1.29 is 16.8 Å². The number of benzene rings is 3. The van der Waals surface area contributed by atoms with Gasteiger partial charge in [-0.2, -0.15) is 0 Å². The summed E-state index contributed by atoms with van der Waals surface area (Å²) in [5.41, 5.74) is 2.90. The van der Waals surface area contributed by atoms with Gasteiger partial charge in [0.05, 0.1) is 21.1 Å². The van der Waals surface area contributed by atoms with Crippen LogP contribution in [0.3, 0.4) is 0 Å². The molecule has 3 aromatic rings. The third-order valence-corrected chi connectivity index (χ3v) is 9.89. The second-order valence-corrected chi connectivity index (χ2v) is 12.5. The zero-order chi connectivity index (χ0) is 23.6. The van der Waals surface area contributed by atoms with E-state index in [2.05, 4.69) is 0 Å². The number of nitrogens with zero attached hydrogens (tertiary/aromatic N) is 1. The Balaban J connectivity index is 1.72. The molecule has 0 radical (unpaired) electrons. The molecule has 5 nitrogen and oxygen atoms in total. The third kappa shape index (κ3) is 4.89. The highest BCUT2D eigenvalue weighted by Gasteiger charge is 2.38. The van der Waals surface area contributed by atoms with Crippen LogP contribution in [0, 0.1) is 13.8 Å². The molecule has 2 atom stereocenters. The van der Waals surface area contributed by atoms with Crippen molar-refractivity contribution in [1.29, 1.82) is 0 Å². The maximum Gasteiger partial charge on any atom is 0.264 e. The van der Waals surface area contributed by atoms with Crippen LogP contribution in [0.25, 0.3) is 0 Å². The van der Waals surface area contributed by atoms with Crippen LogP contribution >= 0.6 is 0 Å². The smallest absolute Gasteiger partial charge is 0.264 e. The lowest BCUT2D eigenvalue weighted by atomic mass is 10.00. The molecule has 0 N–H and O–H groups in total. The van der Waals surface area contributed by atoms with Crippen molar-refractivity contribution in [3.8, 4) is 0 Å². The van der Waals surface area contributed by atoms with E-state index in [4.69, 9.17) is 0 Å². The molecule has 33 heavy (non-hydrogen) atoms. The van der Waals surface area contributed by atoms with Crippen molar-refractivity contribution in [2.75, 3.05) is 0 Å². The molecule has 0 saturated heterocycles. The van der Waals surface area contributed by atoms with Crippen molar-refractivity contribution in [1.82, 2.24) is 4.31 Å². The Kier molecular flexibility index (Phi) is 6.45. The van der Waals surface area contributed by atoms with Crippen molar-refractivity contribution in [3.05, 3.63) is 108 Å². The largest absolute Gasteiger partial charge is 0.270 e. The van der Waals surface area contributed by atoms with Crippen LogP contribution in [0.1, 0.15) is 23.1 Å². The number of sulfonamides is 1. The van der Waals surface area contributed by atoms with E-state index in [1.165, 1.54) is 16.6 Å². The Morgan fingerprint density at radius 2 is 1.30 bits per heavy atom. The lowest BCUT2D eigenvalue weighted by molar-refractivity contribution is 0.359. The summed E-state index contributed by atoms with van der Waals surface area (Å²) in [6.07, 6.45) is 3.52. The third-order valence-electron chi connectivity index (χ3n) is 5.97. The van der Waals surface area contributed by atoms with Crippen LogP contribution in [0.2, 0.25) is 0 Å². The fourth-order valence-electron chi connectivity index (χ4n) is 4.05. The van der Waals surface area contributed by atoms with E-state index in [0.29, 0.717) is 6.42 Å². The molecule has 1 heterocycles. The monoisotopic (exact) mass is 481 g/mol. The fourth-order valence-corrected chi connectivity index (χ4v) is 7.18. The summed E-state index contributed by atoms with van der Waals surface area (Å²) in [6.45, 7) is 3.80. The molecular formula is C26H27NO4S2. The van der Waals surface area contributed by atoms with Crippen LogP contribution in [0.5, 0.6) is 0 Å². The van der Waals surface area contributed by atoms with E-state index in [1.54, 1.807) is 48.5 Å². The minimum atomic E-state index is -3.84. The molecule has 4 rings (SSSR count). The normalized spacial score (nSPS) is 18.9. The summed E-state index contributed by atoms with van der Waals surface area (Å²) in [5, 5.41) is -0.807. The van der Waals surface area contributed by atoms with Crippen LogP contribution in [-0.4, -0.2) is 32.4 Å². The van der Waals surface area contributed by atoms with Gasteiger partial charge in [-0.15, -0.1) is 0 Å². The number of hydrogen-bond donors (Lipinski definition) is 0. The first-order valence-electron chi connectivity index (χ1n) is 10.8. The molecule has 0 amide bonds. The summed E-state index contributed by atoms with van der Waals surface area (Å²) >= 11 is 0. The molecular weight excluding hydrogens is 454 g/mol. The molecule has 0 spiro atoms. The minimum Gasteiger partial charge on any atom is -0.270 e. The van der Waals surface area contributed by atoms with Crippen molar-refractivity contribution in [3.63, 3.8) is 0 Å². The number of hydrogen-bond acceptors (Lipinski definition) is 4. The minimum absolute atomic E-state index is 0.173. The van der Waals surface area contributed by atoms with E-state index < -0.39 is 31.2 Å². The van der Waals surface area contributed by atoms with Crippen molar-refractivity contribution in [2.45, 2.75) is 47.8 Å². The van der Waals surface area contributed by atoms with Crippen molar-refractivity contribution >= 4 is 19.9 Å². The highest BCUT2D eigenvalue weighted by Crippen LogP contribution is 2.31. The fraction of sp³-hybridized carbons (Fsp3) is 0.231. The van der Waals surface area contributed by atoms with Gasteiger partial charge in [0.25, 0.3) is 10.0 Å². The highest BCUT2D eigenvalue weighted by atomic mass is 32.2. The summed E-state index contributed by atoms with van der Waals surface area (Å²) in [4.78, 5) is 0.437. The van der Waals surface area contributed by atoms with Crippen LogP contribution in [0.15, 0.2) is 101 Å². The van der Waals surface area contributed by atoms with Gasteiger partial charge in [-0.05, 0) is 62.6 Å². The van der Waals surface area contributed by atoms with Gasteiger partial charge in [-0.1, -0.05) is 65.7 Å². The Morgan fingerprint density at radius 3 is 1.88 bits per heavy atom.